The second kappa shape index (κ2) is 5.64. The van der Waals surface area contributed by atoms with E-state index in [4.69, 9.17) is 4.52 Å². The Kier molecular flexibility index (Phi) is 3.71. The van der Waals surface area contributed by atoms with Crippen LogP contribution >= 0.6 is 0 Å². The number of aromatic nitrogens is 1. The Labute approximate surface area is 117 Å². The zero-order valence-electron chi connectivity index (χ0n) is 11.4. The van der Waals surface area contributed by atoms with Gasteiger partial charge in [-0.1, -0.05) is 30.8 Å². The Morgan fingerprint density at radius 2 is 2.00 bits per heavy atom. The molecule has 1 unspecified atom stereocenters. The molecule has 6 heteroatoms. The molecule has 0 radical (unpaired) electrons. The van der Waals surface area contributed by atoms with Crippen LogP contribution < -0.4 is 5.32 Å². The van der Waals surface area contributed by atoms with E-state index in [9.17, 15) is 9.59 Å². The molecule has 0 bridgehead atoms. The molecule has 1 N–H and O–H groups in total. The smallest absolute Gasteiger partial charge is 0.325 e. The van der Waals surface area contributed by atoms with Crippen molar-refractivity contribution in [2.24, 2.45) is 5.92 Å². The quantitative estimate of drug-likeness (QED) is 0.678. The molecule has 1 atom stereocenters. The third-order valence-corrected chi connectivity index (χ3v) is 4.24. The summed E-state index contributed by atoms with van der Waals surface area (Å²) in [5.41, 5.74) is 0.593. The molecule has 1 aliphatic heterocycles. The number of hydrogen-bond donors (Lipinski definition) is 1. The highest BCUT2D eigenvalue weighted by molar-refractivity contribution is 6.04. The first-order valence-corrected chi connectivity index (χ1v) is 7.27. The first kappa shape index (κ1) is 13.1. The van der Waals surface area contributed by atoms with Gasteiger partial charge in [0.1, 0.15) is 18.0 Å². The molecular formula is C14H19N3O3. The van der Waals surface area contributed by atoms with E-state index < -0.39 is 0 Å². The molecule has 2 heterocycles. The van der Waals surface area contributed by atoms with Crippen LogP contribution in [-0.2, 0) is 11.3 Å². The van der Waals surface area contributed by atoms with Crippen molar-refractivity contribution in [3.8, 4) is 0 Å². The van der Waals surface area contributed by atoms with Gasteiger partial charge in [0.15, 0.2) is 0 Å². The minimum atomic E-state index is -0.354. The Bertz CT molecular complexity index is 478. The number of amides is 3. The Balaban J connectivity index is 1.69. The van der Waals surface area contributed by atoms with E-state index in [1.807, 2.05) is 0 Å². The molecule has 1 aliphatic carbocycles. The molecule has 2 aliphatic rings. The summed E-state index contributed by atoms with van der Waals surface area (Å²) in [6.07, 6.45) is 8.24. The fraction of sp³-hybridized carbons (Fsp3) is 0.643. The molecule has 3 rings (SSSR count). The molecule has 6 nitrogen and oxygen atoms in total. The van der Waals surface area contributed by atoms with Gasteiger partial charge in [-0.15, -0.1) is 0 Å². The molecule has 0 spiro atoms. The van der Waals surface area contributed by atoms with E-state index >= 15 is 0 Å². The number of nitrogens with zero attached hydrogens (tertiary/aromatic N) is 2. The minimum absolute atomic E-state index is 0.120. The van der Waals surface area contributed by atoms with Gasteiger partial charge in [0.25, 0.3) is 5.91 Å². The van der Waals surface area contributed by atoms with Crippen molar-refractivity contribution in [2.75, 3.05) is 0 Å². The van der Waals surface area contributed by atoms with E-state index in [1.165, 1.54) is 24.0 Å². The van der Waals surface area contributed by atoms with Crippen LogP contribution in [0.25, 0.3) is 0 Å². The highest BCUT2D eigenvalue weighted by Crippen LogP contribution is 2.28. The standard InChI is InChI=1S/C14H19N3O3/c18-13-12(10-5-3-1-2-4-6-10)15-14(19)17(13)9-11-7-8-20-16-11/h7-8,10,12H,1-6,9H2,(H,15,19). The number of nitrogens with one attached hydrogen (secondary N) is 1. The summed E-state index contributed by atoms with van der Waals surface area (Å²) < 4.78 is 4.74. The third-order valence-electron chi connectivity index (χ3n) is 4.24. The first-order chi connectivity index (χ1) is 9.75. The summed E-state index contributed by atoms with van der Waals surface area (Å²) in [6.45, 7) is 0.185. The summed E-state index contributed by atoms with van der Waals surface area (Å²) in [7, 11) is 0. The molecular weight excluding hydrogens is 258 g/mol. The first-order valence-electron chi connectivity index (χ1n) is 7.27. The van der Waals surface area contributed by atoms with E-state index in [0.29, 0.717) is 5.69 Å². The predicted molar refractivity (Wildman–Crippen MR) is 70.6 cm³/mol. The zero-order chi connectivity index (χ0) is 13.9. The summed E-state index contributed by atoms with van der Waals surface area (Å²) in [6, 6.07) is 0.999. The average Bonchev–Trinajstić information content (AvgIpc) is 2.94. The summed E-state index contributed by atoms with van der Waals surface area (Å²) in [5, 5.41) is 6.59. The fourth-order valence-corrected chi connectivity index (χ4v) is 3.14. The largest absolute Gasteiger partial charge is 0.364 e. The lowest BCUT2D eigenvalue weighted by Gasteiger charge is -2.19. The van der Waals surface area contributed by atoms with E-state index in [-0.39, 0.29) is 30.4 Å². The third kappa shape index (κ3) is 2.55. The topological polar surface area (TPSA) is 75.4 Å². The molecule has 2 fully saturated rings. The maximum atomic E-state index is 12.4. The SMILES string of the molecule is O=C1NC(C2CCCCCC2)C(=O)N1Cc1ccon1. The summed E-state index contributed by atoms with van der Waals surface area (Å²) >= 11 is 0. The van der Waals surface area contributed by atoms with Crippen LogP contribution in [0.15, 0.2) is 16.9 Å². The maximum Gasteiger partial charge on any atom is 0.325 e. The van der Waals surface area contributed by atoms with Gasteiger partial charge in [-0.25, -0.2) is 4.79 Å². The molecule has 1 saturated heterocycles. The molecule has 108 valence electrons. The molecule has 1 aromatic rings. The fourth-order valence-electron chi connectivity index (χ4n) is 3.14. The van der Waals surface area contributed by atoms with Crippen molar-refractivity contribution in [1.82, 2.24) is 15.4 Å². The average molecular weight is 277 g/mol. The molecule has 3 amide bonds. The van der Waals surface area contributed by atoms with E-state index in [0.717, 1.165) is 25.7 Å². The number of carbonyl (C=O) groups is 2. The van der Waals surface area contributed by atoms with Crippen molar-refractivity contribution < 1.29 is 14.1 Å². The monoisotopic (exact) mass is 277 g/mol. The van der Waals surface area contributed by atoms with Gasteiger partial charge in [0, 0.05) is 6.07 Å². The summed E-state index contributed by atoms with van der Waals surface area (Å²) in [5.74, 6) is 0.154. The van der Waals surface area contributed by atoms with Gasteiger partial charge in [0.05, 0.1) is 6.54 Å². The van der Waals surface area contributed by atoms with Crippen LogP contribution in [0.4, 0.5) is 4.79 Å². The number of carbonyl (C=O) groups excluding carboxylic acids is 2. The van der Waals surface area contributed by atoms with Gasteiger partial charge >= 0.3 is 6.03 Å². The number of imide groups is 1. The predicted octanol–water partition coefficient (Wildman–Crippen LogP) is 2.07. The van der Waals surface area contributed by atoms with Crippen molar-refractivity contribution in [2.45, 2.75) is 51.1 Å². The van der Waals surface area contributed by atoms with Crippen LogP contribution in [0.2, 0.25) is 0 Å². The van der Waals surface area contributed by atoms with Crippen molar-refractivity contribution >= 4 is 11.9 Å². The molecule has 1 aromatic heterocycles. The molecule has 20 heavy (non-hydrogen) atoms. The maximum absolute atomic E-state index is 12.4. The second-order valence-electron chi connectivity index (χ2n) is 5.59. The van der Waals surface area contributed by atoms with E-state index in [1.54, 1.807) is 6.07 Å². The normalized spacial score (nSPS) is 24.8. The van der Waals surface area contributed by atoms with Crippen LogP contribution in [0, 0.1) is 5.92 Å². The highest BCUT2D eigenvalue weighted by Gasteiger charge is 2.42. The van der Waals surface area contributed by atoms with Gasteiger partial charge in [-0.2, -0.15) is 0 Å². The lowest BCUT2D eigenvalue weighted by Crippen LogP contribution is -2.37. The van der Waals surface area contributed by atoms with Gasteiger partial charge in [-0.05, 0) is 18.8 Å². The molecule has 1 saturated carbocycles. The summed E-state index contributed by atoms with van der Waals surface area (Å²) in [4.78, 5) is 25.7. The van der Waals surface area contributed by atoms with Crippen LogP contribution in [0.1, 0.15) is 44.2 Å². The molecule has 0 aromatic carbocycles. The zero-order valence-corrected chi connectivity index (χ0v) is 11.4. The van der Waals surface area contributed by atoms with Crippen LogP contribution in [0.3, 0.4) is 0 Å². The van der Waals surface area contributed by atoms with Gasteiger partial charge in [0.2, 0.25) is 0 Å². The second-order valence-corrected chi connectivity index (χ2v) is 5.59. The lowest BCUT2D eigenvalue weighted by molar-refractivity contribution is -0.129. The van der Waals surface area contributed by atoms with E-state index in [2.05, 4.69) is 10.5 Å². The number of rotatable bonds is 3. The van der Waals surface area contributed by atoms with Crippen LogP contribution in [-0.4, -0.2) is 28.0 Å². The van der Waals surface area contributed by atoms with Crippen molar-refractivity contribution in [3.63, 3.8) is 0 Å². The van der Waals surface area contributed by atoms with Gasteiger partial charge in [-0.3, -0.25) is 9.69 Å². The van der Waals surface area contributed by atoms with Crippen LogP contribution in [0.5, 0.6) is 0 Å². The lowest BCUT2D eigenvalue weighted by atomic mass is 9.92. The Hall–Kier alpha value is -1.85. The Morgan fingerprint density at radius 1 is 1.25 bits per heavy atom. The number of hydrogen-bond acceptors (Lipinski definition) is 4. The van der Waals surface area contributed by atoms with Crippen molar-refractivity contribution in [1.29, 1.82) is 0 Å². The highest BCUT2D eigenvalue weighted by atomic mass is 16.5. The minimum Gasteiger partial charge on any atom is -0.364 e. The number of urea groups is 1. The van der Waals surface area contributed by atoms with Gasteiger partial charge < -0.3 is 9.84 Å². The Morgan fingerprint density at radius 3 is 2.65 bits per heavy atom. The van der Waals surface area contributed by atoms with Crippen molar-refractivity contribution in [3.05, 3.63) is 18.0 Å².